The second kappa shape index (κ2) is 12.4. The first-order chi connectivity index (χ1) is 23.5. The summed E-state index contributed by atoms with van der Waals surface area (Å²) in [6.07, 6.45) is 0. The van der Waals surface area contributed by atoms with Crippen LogP contribution >= 0.6 is 0 Å². The minimum atomic E-state index is -4.92. The van der Waals surface area contributed by atoms with Gasteiger partial charge in [0.25, 0.3) is 20.2 Å². The number of azo groups is 2. The molecule has 6 aromatic rings. The number of hydrogen-bond acceptors (Lipinski definition) is 12. The number of halogens is 2. The molecule has 8 N–H and O–H groups in total. The van der Waals surface area contributed by atoms with E-state index in [0.29, 0.717) is 0 Å². The normalized spacial score (nSPS) is 12.5. The van der Waals surface area contributed by atoms with E-state index in [0.717, 1.165) is 36.4 Å². The fourth-order valence-corrected chi connectivity index (χ4v) is 6.37. The molecule has 0 atom stereocenters. The average molecular weight is 721 g/mol. The van der Waals surface area contributed by atoms with Crippen LogP contribution in [0.2, 0.25) is 0 Å². The summed E-state index contributed by atoms with van der Waals surface area (Å²) in [5.41, 5.74) is 10.2. The number of nitrogens with two attached hydrogens (primary N) is 2. The maximum Gasteiger partial charge on any atom is 0.296 e. The highest BCUT2D eigenvalue weighted by Crippen LogP contribution is 2.44. The molecule has 0 aliphatic rings. The molecule has 0 aromatic heterocycles. The van der Waals surface area contributed by atoms with Crippen molar-refractivity contribution in [2.24, 2.45) is 20.5 Å². The average Bonchev–Trinajstić information content (AvgIpc) is 3.04. The number of phenols is 2. The first-order valence-corrected chi connectivity index (χ1v) is 16.9. The van der Waals surface area contributed by atoms with Crippen molar-refractivity contribution in [1.29, 1.82) is 0 Å². The monoisotopic (exact) mass is 720 g/mol. The zero-order chi connectivity index (χ0) is 36.1. The number of rotatable bonds is 7. The number of aromatic hydroxyl groups is 2. The predicted octanol–water partition coefficient (Wildman–Crippen LogP) is 7.84. The van der Waals surface area contributed by atoms with Crippen LogP contribution in [-0.2, 0) is 20.2 Å². The maximum absolute atomic E-state index is 15.1. The van der Waals surface area contributed by atoms with E-state index >= 15 is 8.78 Å². The van der Waals surface area contributed by atoms with Crippen LogP contribution in [0.3, 0.4) is 0 Å². The highest BCUT2D eigenvalue weighted by Gasteiger charge is 2.24. The Bertz CT molecular complexity index is 2690. The summed E-state index contributed by atoms with van der Waals surface area (Å²) in [5.74, 6) is -3.27. The molecule has 254 valence electrons. The van der Waals surface area contributed by atoms with Crippen molar-refractivity contribution in [1.82, 2.24) is 0 Å². The molecular formula is C32H22F2N6O8S2. The molecular weight excluding hydrogens is 699 g/mol. The fraction of sp³-hybridized carbons (Fsp3) is 0. The van der Waals surface area contributed by atoms with Crippen molar-refractivity contribution >= 4 is 75.9 Å². The van der Waals surface area contributed by atoms with Crippen molar-refractivity contribution in [3.05, 3.63) is 96.6 Å². The summed E-state index contributed by atoms with van der Waals surface area (Å²) in [7, 11) is -9.83. The minimum absolute atomic E-state index is 0.103. The molecule has 0 bridgehead atoms. The van der Waals surface area contributed by atoms with Crippen molar-refractivity contribution in [2.45, 2.75) is 9.79 Å². The molecule has 50 heavy (non-hydrogen) atoms. The summed E-state index contributed by atoms with van der Waals surface area (Å²) in [4.78, 5) is -1.58. The Morgan fingerprint density at radius 1 is 0.520 bits per heavy atom. The van der Waals surface area contributed by atoms with Gasteiger partial charge < -0.3 is 21.7 Å². The van der Waals surface area contributed by atoms with Crippen LogP contribution in [0, 0.1) is 11.6 Å². The minimum Gasteiger partial charge on any atom is -0.505 e. The van der Waals surface area contributed by atoms with E-state index in [1.54, 1.807) is 0 Å². The van der Waals surface area contributed by atoms with Gasteiger partial charge in [0, 0.05) is 22.1 Å². The molecule has 0 saturated carbocycles. The predicted molar refractivity (Wildman–Crippen MR) is 180 cm³/mol. The summed E-state index contributed by atoms with van der Waals surface area (Å²) >= 11 is 0. The van der Waals surface area contributed by atoms with E-state index in [1.807, 2.05) is 0 Å². The highest BCUT2D eigenvalue weighted by atomic mass is 32.2. The number of anilines is 2. The Morgan fingerprint density at radius 2 is 0.980 bits per heavy atom. The van der Waals surface area contributed by atoms with E-state index in [9.17, 15) is 36.2 Å². The van der Waals surface area contributed by atoms with E-state index < -0.39 is 75.9 Å². The molecule has 0 fully saturated rings. The Labute approximate surface area is 281 Å². The van der Waals surface area contributed by atoms with E-state index in [2.05, 4.69) is 20.5 Å². The Hall–Kier alpha value is -6.08. The van der Waals surface area contributed by atoms with Gasteiger partial charge in [0.15, 0.2) is 23.1 Å². The van der Waals surface area contributed by atoms with Gasteiger partial charge in [0.05, 0.1) is 0 Å². The molecule has 0 radical (unpaired) electrons. The molecule has 14 nitrogen and oxygen atoms in total. The third kappa shape index (κ3) is 6.50. The molecule has 6 aromatic carbocycles. The van der Waals surface area contributed by atoms with Crippen molar-refractivity contribution in [2.75, 3.05) is 11.5 Å². The van der Waals surface area contributed by atoms with E-state index in [4.69, 9.17) is 11.5 Å². The van der Waals surface area contributed by atoms with E-state index in [-0.39, 0.29) is 44.0 Å². The first-order valence-electron chi connectivity index (χ1n) is 14.0. The van der Waals surface area contributed by atoms with Gasteiger partial charge in [-0.25, -0.2) is 8.78 Å². The number of benzene rings is 6. The molecule has 0 aliphatic heterocycles. The van der Waals surface area contributed by atoms with Gasteiger partial charge in [-0.15, -0.1) is 20.5 Å². The number of nitrogen functional groups attached to an aromatic ring is 2. The maximum atomic E-state index is 15.1. The summed E-state index contributed by atoms with van der Waals surface area (Å²) in [6, 6.07) is 17.5. The van der Waals surface area contributed by atoms with Crippen LogP contribution in [0.25, 0.3) is 32.7 Å². The SMILES string of the molecule is Nc1ccc2c(O)c(N=Nc3ccc(-c4ccc(N=Nc5c(S(=O)(=O)O)cc6ccc(N)cc6c5O)c(F)c4)cc3F)c(S(=O)(=O)O)cc2c1. The first kappa shape index (κ1) is 33.8. The zero-order valence-corrected chi connectivity index (χ0v) is 26.7. The van der Waals surface area contributed by atoms with Gasteiger partial charge in [-0.2, -0.15) is 16.8 Å². The molecule has 18 heteroatoms. The van der Waals surface area contributed by atoms with Crippen LogP contribution in [0.4, 0.5) is 42.9 Å². The van der Waals surface area contributed by atoms with Gasteiger partial charge in [-0.3, -0.25) is 9.11 Å². The lowest BCUT2D eigenvalue weighted by Crippen LogP contribution is -1.99. The largest absolute Gasteiger partial charge is 0.505 e. The molecule has 0 heterocycles. The lowest BCUT2D eigenvalue weighted by molar-refractivity contribution is 0.471. The second-order valence-corrected chi connectivity index (χ2v) is 13.6. The smallest absolute Gasteiger partial charge is 0.296 e. The van der Waals surface area contributed by atoms with Gasteiger partial charge in [-0.1, -0.05) is 18.2 Å². The van der Waals surface area contributed by atoms with Crippen molar-refractivity contribution in [3.8, 4) is 22.6 Å². The molecule has 0 unspecified atom stereocenters. The second-order valence-electron chi connectivity index (χ2n) is 10.8. The third-order valence-electron chi connectivity index (χ3n) is 7.45. The Kier molecular flexibility index (Phi) is 8.40. The number of hydrogen-bond donors (Lipinski definition) is 6. The lowest BCUT2D eigenvalue weighted by Gasteiger charge is -2.10. The summed E-state index contributed by atoms with van der Waals surface area (Å²) in [6.45, 7) is 0. The number of nitrogens with zero attached hydrogens (tertiary/aromatic N) is 4. The standard InChI is InChI=1S/C32H22F2N6O8S2/c33-23-10-15(2-7-25(23)37-39-29-28(50(46,47)48)13-18-9-19(35)5-6-21(18)31(29)41)16-3-8-26(24(34)11-16)38-40-30-27(49(43,44)45)12-17-1-4-20(36)14-22(17)32(30)42/h1-14,41-42H,35-36H2,(H,43,44,45)(H,46,47,48). The fourth-order valence-electron chi connectivity index (χ4n) is 5.06. The summed E-state index contributed by atoms with van der Waals surface area (Å²) in [5, 5.41) is 36.9. The van der Waals surface area contributed by atoms with Crippen LogP contribution in [-0.4, -0.2) is 36.2 Å². The topological polar surface area (TPSA) is 251 Å². The molecule has 0 amide bonds. The van der Waals surface area contributed by atoms with Crippen LogP contribution in [0.5, 0.6) is 11.5 Å². The molecule has 0 saturated heterocycles. The number of fused-ring (bicyclic) bond motifs is 2. The highest BCUT2D eigenvalue weighted by molar-refractivity contribution is 7.86. The van der Waals surface area contributed by atoms with Crippen molar-refractivity contribution in [3.63, 3.8) is 0 Å². The molecule has 0 spiro atoms. The van der Waals surface area contributed by atoms with Crippen LogP contribution in [0.15, 0.2) is 115 Å². The van der Waals surface area contributed by atoms with Gasteiger partial charge in [0.1, 0.15) is 32.5 Å². The van der Waals surface area contributed by atoms with Gasteiger partial charge >= 0.3 is 0 Å². The third-order valence-corrected chi connectivity index (χ3v) is 9.19. The van der Waals surface area contributed by atoms with Crippen LogP contribution < -0.4 is 11.5 Å². The number of phenolic OH excluding ortho intramolecular Hbond substituents is 2. The quantitative estimate of drug-likeness (QED) is 0.0529. The summed E-state index contributed by atoms with van der Waals surface area (Å²) < 4.78 is 97.9. The van der Waals surface area contributed by atoms with Gasteiger partial charge in [0.2, 0.25) is 0 Å². The molecule has 6 rings (SSSR count). The molecule has 0 aliphatic carbocycles. The van der Waals surface area contributed by atoms with Gasteiger partial charge in [-0.05, 0) is 88.6 Å². The lowest BCUT2D eigenvalue weighted by atomic mass is 10.0. The Balaban J connectivity index is 1.31. The van der Waals surface area contributed by atoms with E-state index in [1.165, 1.54) is 48.5 Å². The van der Waals surface area contributed by atoms with Crippen LogP contribution in [0.1, 0.15) is 0 Å². The Morgan fingerprint density at radius 3 is 1.48 bits per heavy atom. The zero-order valence-electron chi connectivity index (χ0n) is 25.0. The van der Waals surface area contributed by atoms with Crippen molar-refractivity contribution < 1.29 is 44.9 Å².